The van der Waals surface area contributed by atoms with E-state index in [0.29, 0.717) is 62.9 Å². The topological polar surface area (TPSA) is 85.4 Å². The molecule has 0 saturated carbocycles. The van der Waals surface area contributed by atoms with E-state index in [1.54, 1.807) is 18.2 Å². The molecule has 0 aliphatic carbocycles. The van der Waals surface area contributed by atoms with Crippen molar-refractivity contribution in [3.05, 3.63) is 35.0 Å². The predicted octanol–water partition coefficient (Wildman–Crippen LogP) is 2.55. The molecule has 3 aliphatic heterocycles. The summed E-state index contributed by atoms with van der Waals surface area (Å²) in [5.41, 5.74) is 2.24. The smallest absolute Gasteiger partial charge is 0.268 e. The van der Waals surface area contributed by atoms with Crippen LogP contribution < -0.4 is 10.1 Å². The van der Waals surface area contributed by atoms with Crippen molar-refractivity contribution in [2.24, 2.45) is 0 Å². The molecule has 1 fully saturated rings. The Bertz CT molecular complexity index is 1130. The molecule has 0 radical (unpaired) electrons. The van der Waals surface area contributed by atoms with E-state index in [-0.39, 0.29) is 15.0 Å². The number of likely N-dealkylation sites (N-methyl/N-ethyl adjacent to an activating group) is 1. The highest BCUT2D eigenvalue weighted by Crippen LogP contribution is 2.41. The van der Waals surface area contributed by atoms with Crippen LogP contribution in [0.15, 0.2) is 34.4 Å². The molecule has 0 bridgehead atoms. The molecular weight excluding hydrogens is 612 g/mol. The summed E-state index contributed by atoms with van der Waals surface area (Å²) in [5, 5.41) is 3.11. The van der Waals surface area contributed by atoms with Gasteiger partial charge in [-0.15, -0.1) is 0 Å². The Morgan fingerprint density at radius 1 is 1.14 bits per heavy atom. The summed E-state index contributed by atoms with van der Waals surface area (Å²) in [7, 11) is -1.84. The van der Waals surface area contributed by atoms with Crippen LogP contribution in [-0.2, 0) is 14.8 Å². The second-order valence-corrected chi connectivity index (χ2v) is 12.7. The molecule has 206 valence electrons. The number of hydrogen-bond acceptors (Lipinski definition) is 7. The first kappa shape index (κ1) is 28.5. The second kappa shape index (κ2) is 12.1. The van der Waals surface area contributed by atoms with Crippen molar-refractivity contribution in [3.63, 3.8) is 0 Å². The number of amides is 1. The van der Waals surface area contributed by atoms with Crippen LogP contribution in [0, 0.1) is 0 Å². The highest BCUT2D eigenvalue weighted by molar-refractivity contribution is 14.1. The number of ether oxygens (including phenoxy) is 1. The van der Waals surface area contributed by atoms with Crippen molar-refractivity contribution in [3.8, 4) is 5.75 Å². The highest BCUT2D eigenvalue weighted by Gasteiger charge is 2.43. The average molecular weight is 650 g/mol. The molecule has 3 aliphatic rings. The molecule has 9 nitrogen and oxygen atoms in total. The van der Waals surface area contributed by atoms with Gasteiger partial charge in [-0.05, 0) is 59.2 Å². The zero-order valence-electron chi connectivity index (χ0n) is 21.8. The molecule has 1 aromatic rings. The van der Waals surface area contributed by atoms with Crippen molar-refractivity contribution >= 4 is 38.5 Å². The number of nitrogens with zero attached hydrogens (tertiary/aromatic N) is 4. The molecule has 0 aromatic heterocycles. The Kier molecular flexibility index (Phi) is 9.36. The van der Waals surface area contributed by atoms with Gasteiger partial charge in [0, 0.05) is 58.4 Å². The Morgan fingerprint density at radius 3 is 2.51 bits per heavy atom. The van der Waals surface area contributed by atoms with Crippen molar-refractivity contribution in [2.45, 2.75) is 41.8 Å². The van der Waals surface area contributed by atoms with E-state index in [2.05, 4.69) is 39.7 Å². The third kappa shape index (κ3) is 5.77. The molecule has 3 heterocycles. The third-order valence-electron chi connectivity index (χ3n) is 7.12. The number of piperazine rings is 1. The van der Waals surface area contributed by atoms with Crippen LogP contribution in [0.5, 0.6) is 5.75 Å². The number of carbonyl (C=O) groups excluding carboxylic acids is 1. The first-order valence-corrected chi connectivity index (χ1v) is 15.6. The summed E-state index contributed by atoms with van der Waals surface area (Å²) >= 11 is 2.35. The van der Waals surface area contributed by atoms with E-state index in [1.807, 2.05) is 23.8 Å². The zero-order chi connectivity index (χ0) is 26.7. The van der Waals surface area contributed by atoms with Gasteiger partial charge in [0.25, 0.3) is 5.91 Å². The fraction of sp³-hybridized carbons (Fsp3) is 0.640. The van der Waals surface area contributed by atoms with Gasteiger partial charge >= 0.3 is 0 Å². The normalized spacial score (nSPS) is 23.9. The minimum Gasteiger partial charge on any atom is -0.493 e. The maximum Gasteiger partial charge on any atom is 0.268 e. The summed E-state index contributed by atoms with van der Waals surface area (Å²) in [6.07, 6.45) is 1.79. The van der Waals surface area contributed by atoms with Crippen LogP contribution in [0.4, 0.5) is 4.39 Å². The molecule has 1 N–H and O–H groups in total. The van der Waals surface area contributed by atoms with Crippen molar-refractivity contribution in [2.75, 3.05) is 66.1 Å². The van der Waals surface area contributed by atoms with Gasteiger partial charge in [-0.3, -0.25) is 14.6 Å². The van der Waals surface area contributed by atoms with Crippen molar-refractivity contribution in [1.82, 2.24) is 24.3 Å². The Labute approximate surface area is 233 Å². The maximum absolute atomic E-state index is 13.6. The number of benzene rings is 1. The summed E-state index contributed by atoms with van der Waals surface area (Å²) in [5.74, 6) is 0.424. The fourth-order valence-corrected chi connectivity index (χ4v) is 7.44. The second-order valence-electron chi connectivity index (χ2n) is 9.66. The maximum atomic E-state index is 13.6. The Hall–Kier alpha value is -1.48. The lowest BCUT2D eigenvalue weighted by molar-refractivity contribution is -0.118. The van der Waals surface area contributed by atoms with E-state index in [0.717, 1.165) is 25.0 Å². The van der Waals surface area contributed by atoms with Gasteiger partial charge in [-0.2, -0.15) is 4.31 Å². The van der Waals surface area contributed by atoms with Gasteiger partial charge in [0.15, 0.2) is 0 Å². The molecular formula is C25H37FIN5O4S. The molecule has 1 saturated heterocycles. The summed E-state index contributed by atoms with van der Waals surface area (Å²) < 4.78 is 47.5. The van der Waals surface area contributed by atoms with E-state index in [4.69, 9.17) is 4.74 Å². The average Bonchev–Trinajstić information content (AvgIpc) is 3.22. The van der Waals surface area contributed by atoms with Gasteiger partial charge in [0.1, 0.15) is 22.3 Å². The number of sulfonamides is 1. The van der Waals surface area contributed by atoms with Gasteiger partial charge in [0.05, 0.1) is 17.5 Å². The summed E-state index contributed by atoms with van der Waals surface area (Å²) in [6.45, 7) is 7.64. The van der Waals surface area contributed by atoms with Gasteiger partial charge in [-0.25, -0.2) is 12.8 Å². The predicted molar refractivity (Wildman–Crippen MR) is 149 cm³/mol. The molecule has 2 atom stereocenters. The first-order chi connectivity index (χ1) is 17.7. The van der Waals surface area contributed by atoms with Crippen LogP contribution in [0.2, 0.25) is 0 Å². The molecule has 2 unspecified atom stereocenters. The van der Waals surface area contributed by atoms with E-state index in [1.165, 1.54) is 4.31 Å². The lowest BCUT2D eigenvalue weighted by atomic mass is 9.97. The SMILES string of the molecule is CCCOc1ccc(S(=O)(=O)N2CCN(CCF)CC2)cc1C1NC(=O)C2=C1CN(CCC)C(I)N2C. The van der Waals surface area contributed by atoms with Gasteiger partial charge in [-0.1, -0.05) is 13.8 Å². The molecule has 1 aromatic carbocycles. The lowest BCUT2D eigenvalue weighted by Crippen LogP contribution is -2.49. The minimum atomic E-state index is -3.76. The Balaban J connectivity index is 1.70. The van der Waals surface area contributed by atoms with Crippen LogP contribution in [0.3, 0.4) is 0 Å². The molecule has 1 amide bonds. The number of halogens is 2. The van der Waals surface area contributed by atoms with Gasteiger partial charge < -0.3 is 15.0 Å². The molecule has 0 spiro atoms. The standard InChI is InChI=1S/C25H37FIN5O4S/c1-4-9-31-17-20-22(28-24(33)23(20)29(3)25(31)27)19-16-18(6-7-21(19)36-15-5-2)37(34,35)32-13-11-30(10-8-26)12-14-32/h6-7,16,22,25H,4-5,8-15,17H2,1-3H3,(H,28,33). The van der Waals surface area contributed by atoms with Crippen LogP contribution >= 0.6 is 22.6 Å². The van der Waals surface area contributed by atoms with E-state index < -0.39 is 22.7 Å². The number of hydrogen-bond donors (Lipinski definition) is 1. The largest absolute Gasteiger partial charge is 0.493 e. The molecule has 4 rings (SSSR count). The number of nitrogens with one attached hydrogen (secondary N) is 1. The van der Waals surface area contributed by atoms with Crippen LogP contribution in [0.1, 0.15) is 38.3 Å². The summed E-state index contributed by atoms with van der Waals surface area (Å²) in [6, 6.07) is 4.48. The lowest BCUT2D eigenvalue weighted by Gasteiger charge is -2.40. The first-order valence-electron chi connectivity index (χ1n) is 12.9. The monoisotopic (exact) mass is 649 g/mol. The van der Waals surface area contributed by atoms with Crippen LogP contribution in [0.25, 0.3) is 0 Å². The summed E-state index contributed by atoms with van der Waals surface area (Å²) in [4.78, 5) is 19.5. The fourth-order valence-electron chi connectivity index (χ4n) is 5.22. The number of alkyl halides is 2. The third-order valence-corrected chi connectivity index (χ3v) is 10.6. The molecule has 37 heavy (non-hydrogen) atoms. The number of carbonyl (C=O) groups is 1. The minimum absolute atomic E-state index is 0.0550. The van der Waals surface area contributed by atoms with E-state index >= 15 is 0 Å². The molecule has 12 heteroatoms. The Morgan fingerprint density at radius 2 is 1.86 bits per heavy atom. The van der Waals surface area contributed by atoms with Gasteiger partial charge in [0.2, 0.25) is 10.0 Å². The van der Waals surface area contributed by atoms with Crippen molar-refractivity contribution in [1.29, 1.82) is 0 Å². The van der Waals surface area contributed by atoms with Crippen molar-refractivity contribution < 1.29 is 22.3 Å². The van der Waals surface area contributed by atoms with E-state index in [9.17, 15) is 17.6 Å². The highest BCUT2D eigenvalue weighted by atomic mass is 127. The quantitative estimate of drug-likeness (QED) is 0.237. The van der Waals surface area contributed by atoms with Crippen LogP contribution in [-0.4, -0.2) is 104 Å². The zero-order valence-corrected chi connectivity index (χ0v) is 24.7. The number of rotatable bonds is 10.